The second kappa shape index (κ2) is 7.04. The molecule has 34 heavy (non-hydrogen) atoms. The van der Waals surface area contributed by atoms with Crippen molar-refractivity contribution >= 4 is 33.5 Å². The van der Waals surface area contributed by atoms with E-state index >= 15 is 0 Å². The molecule has 2 aromatic carbocycles. The Bertz CT molecular complexity index is 1390. The molecule has 4 saturated carbocycles. The summed E-state index contributed by atoms with van der Waals surface area (Å²) < 4.78 is 11.7. The monoisotopic (exact) mass is 457 g/mol. The molecule has 1 N–H and O–H groups in total. The summed E-state index contributed by atoms with van der Waals surface area (Å²) in [6.45, 7) is 0. The molecule has 2 unspecified atom stereocenters. The van der Waals surface area contributed by atoms with E-state index in [0.29, 0.717) is 29.7 Å². The second-order valence-corrected chi connectivity index (χ2v) is 10.8. The van der Waals surface area contributed by atoms with Gasteiger partial charge in [0.25, 0.3) is 0 Å². The maximum atomic E-state index is 13.4. The zero-order valence-corrected chi connectivity index (χ0v) is 19.2. The minimum atomic E-state index is -0.0915. The zero-order chi connectivity index (χ0) is 22.9. The molecule has 4 aliphatic carbocycles. The number of aromatic nitrogens is 4. The Kier molecular flexibility index (Phi) is 4.14. The summed E-state index contributed by atoms with van der Waals surface area (Å²) in [6.07, 6.45) is 8.63. The van der Waals surface area contributed by atoms with Crippen molar-refractivity contribution in [1.29, 1.82) is 0 Å². The molecule has 8 heteroatoms. The van der Waals surface area contributed by atoms with Gasteiger partial charge in [-0.3, -0.25) is 4.79 Å². The van der Waals surface area contributed by atoms with Crippen LogP contribution in [0.1, 0.15) is 44.9 Å². The van der Waals surface area contributed by atoms with E-state index in [1.807, 2.05) is 41.2 Å². The molecule has 2 heterocycles. The Hall–Kier alpha value is -3.42. The fourth-order valence-electron chi connectivity index (χ4n) is 7.78. The van der Waals surface area contributed by atoms with E-state index < -0.39 is 0 Å². The van der Waals surface area contributed by atoms with Crippen LogP contribution in [0.15, 0.2) is 47.1 Å². The van der Waals surface area contributed by atoms with E-state index in [1.54, 1.807) is 7.11 Å². The van der Waals surface area contributed by atoms with Gasteiger partial charge in [-0.25, -0.2) is 0 Å². The molecule has 8 rings (SSSR count). The Morgan fingerprint density at radius 2 is 1.97 bits per heavy atom. The Morgan fingerprint density at radius 3 is 2.74 bits per heavy atom. The van der Waals surface area contributed by atoms with Crippen molar-refractivity contribution in [2.24, 2.45) is 17.3 Å². The molecule has 1 amide bonds. The Balaban J connectivity index is 1.18. The topological polar surface area (TPSA) is 95.1 Å². The number of hydrogen-bond donors (Lipinski definition) is 1. The fraction of sp³-hybridized carbons (Fsp3) is 0.462. The molecule has 0 aliphatic heterocycles. The molecule has 4 aromatic rings. The third-order valence-corrected chi connectivity index (χ3v) is 8.43. The molecular weight excluding hydrogens is 430 g/mol. The Labute approximate surface area is 196 Å². The number of nitrogens with zero attached hydrogens (tertiary/aromatic N) is 4. The lowest BCUT2D eigenvalue weighted by molar-refractivity contribution is -0.135. The summed E-state index contributed by atoms with van der Waals surface area (Å²) in [4.78, 5) is 15.3. The van der Waals surface area contributed by atoms with E-state index in [1.165, 1.54) is 12.7 Å². The summed E-state index contributed by atoms with van der Waals surface area (Å²) in [7, 11) is 1.63. The van der Waals surface area contributed by atoms with Crippen LogP contribution in [0.3, 0.4) is 0 Å². The van der Waals surface area contributed by atoms with Gasteiger partial charge >= 0.3 is 0 Å². The van der Waals surface area contributed by atoms with Gasteiger partial charge in [-0.15, -0.1) is 10.2 Å². The lowest BCUT2D eigenvalue weighted by Gasteiger charge is -2.61. The average Bonchev–Trinajstić information content (AvgIpc) is 3.46. The highest BCUT2D eigenvalue weighted by Crippen LogP contribution is 2.65. The largest absolute Gasteiger partial charge is 0.495 e. The number of rotatable bonds is 5. The van der Waals surface area contributed by atoms with Gasteiger partial charge < -0.3 is 14.5 Å². The van der Waals surface area contributed by atoms with Gasteiger partial charge in [0.2, 0.25) is 5.91 Å². The Morgan fingerprint density at radius 1 is 1.15 bits per heavy atom. The first-order valence-electron chi connectivity index (χ1n) is 12.1. The number of tetrazole rings is 1. The van der Waals surface area contributed by atoms with Crippen molar-refractivity contribution in [2.75, 3.05) is 12.4 Å². The van der Waals surface area contributed by atoms with Gasteiger partial charge in [-0.1, -0.05) is 18.2 Å². The highest BCUT2D eigenvalue weighted by atomic mass is 16.5. The first-order chi connectivity index (χ1) is 16.5. The number of fused-ring (bicyclic) bond motifs is 3. The van der Waals surface area contributed by atoms with Crippen molar-refractivity contribution in [2.45, 2.75) is 50.5 Å². The van der Waals surface area contributed by atoms with Crippen LogP contribution in [0.25, 0.3) is 21.9 Å². The summed E-state index contributed by atoms with van der Waals surface area (Å²) in [5.41, 5.74) is 2.10. The third-order valence-electron chi connectivity index (χ3n) is 8.43. The second-order valence-electron chi connectivity index (χ2n) is 10.8. The maximum absolute atomic E-state index is 13.4. The number of furan rings is 1. The lowest BCUT2D eigenvalue weighted by atomic mass is 9.46. The van der Waals surface area contributed by atoms with Crippen LogP contribution in [-0.4, -0.2) is 33.2 Å². The molecule has 4 aliphatic rings. The van der Waals surface area contributed by atoms with Crippen LogP contribution < -0.4 is 10.1 Å². The van der Waals surface area contributed by atoms with E-state index in [4.69, 9.17) is 9.15 Å². The number of benzene rings is 2. The lowest BCUT2D eigenvalue weighted by Crippen LogP contribution is -2.57. The molecule has 174 valence electrons. The van der Waals surface area contributed by atoms with Crippen LogP contribution in [0.5, 0.6) is 5.75 Å². The van der Waals surface area contributed by atoms with Gasteiger partial charge in [-0.05, 0) is 73.1 Å². The predicted molar refractivity (Wildman–Crippen MR) is 126 cm³/mol. The molecule has 0 saturated heterocycles. The van der Waals surface area contributed by atoms with Gasteiger partial charge in [0.05, 0.1) is 18.3 Å². The molecular formula is C26H27N5O3. The minimum Gasteiger partial charge on any atom is -0.495 e. The van der Waals surface area contributed by atoms with Crippen LogP contribution in [0.2, 0.25) is 0 Å². The number of methoxy groups -OCH3 is 1. The number of amides is 1. The number of nitrogens with one attached hydrogen (secondary N) is 1. The van der Waals surface area contributed by atoms with Gasteiger partial charge in [0.1, 0.15) is 16.9 Å². The minimum absolute atomic E-state index is 0.0154. The number of ether oxygens (including phenoxy) is 1. The summed E-state index contributed by atoms with van der Waals surface area (Å²) >= 11 is 0. The predicted octanol–water partition coefficient (Wildman–Crippen LogP) is 4.91. The summed E-state index contributed by atoms with van der Waals surface area (Å²) in [6, 6.07) is 11.8. The molecule has 0 spiro atoms. The number of anilines is 1. The number of para-hydroxylation sites is 1. The van der Waals surface area contributed by atoms with Crippen molar-refractivity contribution in [3.63, 3.8) is 0 Å². The molecule has 0 radical (unpaired) electrons. The van der Waals surface area contributed by atoms with Crippen molar-refractivity contribution in [1.82, 2.24) is 20.2 Å². The van der Waals surface area contributed by atoms with Gasteiger partial charge in [-0.2, -0.15) is 4.80 Å². The van der Waals surface area contributed by atoms with Crippen molar-refractivity contribution in [3.8, 4) is 5.75 Å². The first-order valence-corrected chi connectivity index (χ1v) is 12.1. The zero-order valence-electron chi connectivity index (χ0n) is 19.2. The van der Waals surface area contributed by atoms with E-state index in [9.17, 15) is 4.79 Å². The van der Waals surface area contributed by atoms with Crippen LogP contribution in [0.4, 0.5) is 5.69 Å². The highest BCUT2D eigenvalue weighted by Gasteiger charge is 2.59. The molecule has 2 aromatic heterocycles. The third kappa shape index (κ3) is 2.97. The van der Waals surface area contributed by atoms with E-state index in [0.717, 1.165) is 54.0 Å². The molecule has 4 bridgehead atoms. The number of carbonyl (C=O) groups is 1. The summed E-state index contributed by atoms with van der Waals surface area (Å²) in [5.74, 6) is 1.92. The quantitative estimate of drug-likeness (QED) is 0.458. The molecule has 4 atom stereocenters. The summed E-state index contributed by atoms with van der Waals surface area (Å²) in [5, 5.41) is 17.8. The standard InChI is InChI=1S/C26H27N5O3/c1-33-23-7-19-18-4-2-3-5-21(18)34-22(19)8-20(23)29-24(32)13-25-9-16-6-17(10-25)12-26(11-16,14-25)31-28-15-27-30-31/h2-5,7-8,15-17H,6,9-14H2,1H3,(H,29,32)/t16-,17+,25?,26?. The van der Waals surface area contributed by atoms with Crippen LogP contribution in [-0.2, 0) is 10.3 Å². The van der Waals surface area contributed by atoms with Gasteiger partial charge in [0.15, 0.2) is 6.33 Å². The SMILES string of the molecule is COc1cc2c(cc1NC(=O)CC13C[C@H]4C[C@@H](C1)CC(n1ncnn1)(C4)C3)oc1ccccc12. The highest BCUT2D eigenvalue weighted by molar-refractivity contribution is 6.07. The maximum Gasteiger partial charge on any atom is 0.225 e. The van der Waals surface area contributed by atoms with E-state index in [-0.39, 0.29) is 16.9 Å². The van der Waals surface area contributed by atoms with E-state index in [2.05, 4.69) is 20.7 Å². The normalized spacial score (nSPS) is 29.7. The van der Waals surface area contributed by atoms with Gasteiger partial charge in [0, 0.05) is 23.3 Å². The number of carbonyl (C=O) groups excluding carboxylic acids is 1. The molecule has 4 fully saturated rings. The van der Waals surface area contributed by atoms with Crippen LogP contribution >= 0.6 is 0 Å². The van der Waals surface area contributed by atoms with Crippen molar-refractivity contribution in [3.05, 3.63) is 42.7 Å². The molecule has 8 nitrogen and oxygen atoms in total. The smallest absolute Gasteiger partial charge is 0.225 e. The van der Waals surface area contributed by atoms with Crippen LogP contribution in [0, 0.1) is 17.3 Å². The average molecular weight is 458 g/mol. The fourth-order valence-corrected chi connectivity index (χ4v) is 7.78. The van der Waals surface area contributed by atoms with Crippen molar-refractivity contribution < 1.29 is 13.9 Å². The first kappa shape index (κ1) is 20.0. The number of hydrogen-bond acceptors (Lipinski definition) is 6.